The van der Waals surface area contributed by atoms with Gasteiger partial charge in [0.15, 0.2) is 0 Å². The average Bonchev–Trinajstić information content (AvgIpc) is 2.40. The lowest BCUT2D eigenvalue weighted by molar-refractivity contribution is 0.216. The smallest absolute Gasteiger partial charge is 0.0669 e. The maximum Gasteiger partial charge on any atom is 0.0669 e. The van der Waals surface area contributed by atoms with Crippen LogP contribution in [0, 0.1) is 17.2 Å². The summed E-state index contributed by atoms with van der Waals surface area (Å²) in [5.74, 6) is 0.202. The van der Waals surface area contributed by atoms with Crippen LogP contribution in [0.5, 0.6) is 0 Å². The largest absolute Gasteiger partial charge is 0.298 e. The van der Waals surface area contributed by atoms with Crippen LogP contribution in [-0.4, -0.2) is 24.5 Å². The molecule has 1 fully saturated rings. The molecule has 0 aromatic rings. The van der Waals surface area contributed by atoms with E-state index in [-0.39, 0.29) is 5.92 Å². The summed E-state index contributed by atoms with van der Waals surface area (Å²) in [7, 11) is 0. The Kier molecular flexibility index (Phi) is 9.09. The number of piperidine rings is 1. The van der Waals surface area contributed by atoms with Crippen molar-refractivity contribution in [3.8, 4) is 6.07 Å². The molecule has 0 radical (unpaired) electrons. The predicted octanol–water partition coefficient (Wildman–Crippen LogP) is 3.55. The maximum absolute atomic E-state index is 8.88. The fraction of sp³-hybridized carbons (Fsp3) is 0.533. The standard InChI is InChI=1S/C13H18N2.C2H6/c1-3-6-12(4-2)10-15-8-5-7-13(9-14)11-15;1-2/h3-4,6,13H,1-2,5,7-8,10-11H2;1-2H3/b12-6+;. The molecule has 1 atom stereocenters. The van der Waals surface area contributed by atoms with Gasteiger partial charge in [0.05, 0.1) is 12.0 Å². The van der Waals surface area contributed by atoms with Gasteiger partial charge in [-0.1, -0.05) is 45.2 Å². The molecule has 1 saturated heterocycles. The molecule has 0 aliphatic carbocycles. The quantitative estimate of drug-likeness (QED) is 0.693. The predicted molar refractivity (Wildman–Crippen MR) is 74.6 cm³/mol. The lowest BCUT2D eigenvalue weighted by Crippen LogP contribution is -2.35. The molecule has 1 rings (SSSR count). The second-order valence-corrected chi connectivity index (χ2v) is 3.88. The van der Waals surface area contributed by atoms with Crippen molar-refractivity contribution < 1.29 is 0 Å². The number of rotatable bonds is 4. The molecule has 0 saturated carbocycles. The molecular formula is C15H24N2. The van der Waals surface area contributed by atoms with Crippen LogP contribution >= 0.6 is 0 Å². The van der Waals surface area contributed by atoms with Crippen molar-refractivity contribution in [1.29, 1.82) is 5.26 Å². The van der Waals surface area contributed by atoms with Crippen molar-refractivity contribution in [1.82, 2.24) is 4.90 Å². The monoisotopic (exact) mass is 232 g/mol. The van der Waals surface area contributed by atoms with Gasteiger partial charge in [0.25, 0.3) is 0 Å². The van der Waals surface area contributed by atoms with Crippen molar-refractivity contribution in [2.24, 2.45) is 5.92 Å². The fourth-order valence-corrected chi connectivity index (χ4v) is 1.90. The Hall–Kier alpha value is -1.33. The molecule has 1 aliphatic heterocycles. The number of nitrogens with zero attached hydrogens (tertiary/aromatic N) is 2. The van der Waals surface area contributed by atoms with Gasteiger partial charge in [0.1, 0.15) is 0 Å². The summed E-state index contributed by atoms with van der Waals surface area (Å²) < 4.78 is 0. The molecule has 0 N–H and O–H groups in total. The average molecular weight is 232 g/mol. The SMILES string of the molecule is C=C/C=C(\C=C)CN1CCCC(C#N)C1.CC. The van der Waals surface area contributed by atoms with Gasteiger partial charge in [-0.15, -0.1) is 0 Å². The Morgan fingerprint density at radius 1 is 1.47 bits per heavy atom. The third-order valence-corrected chi connectivity index (χ3v) is 2.69. The molecule has 0 amide bonds. The van der Waals surface area contributed by atoms with Crippen molar-refractivity contribution in [3.63, 3.8) is 0 Å². The lowest BCUT2D eigenvalue weighted by Gasteiger charge is -2.29. The van der Waals surface area contributed by atoms with Crippen LogP contribution in [0.3, 0.4) is 0 Å². The van der Waals surface area contributed by atoms with E-state index in [4.69, 9.17) is 5.26 Å². The lowest BCUT2D eigenvalue weighted by atomic mass is 9.99. The third-order valence-electron chi connectivity index (χ3n) is 2.69. The van der Waals surface area contributed by atoms with E-state index in [2.05, 4.69) is 24.1 Å². The molecule has 0 bridgehead atoms. The molecular weight excluding hydrogens is 208 g/mol. The van der Waals surface area contributed by atoms with Crippen LogP contribution in [-0.2, 0) is 0 Å². The van der Waals surface area contributed by atoms with E-state index in [9.17, 15) is 0 Å². The first kappa shape index (κ1) is 15.7. The zero-order chi connectivity index (χ0) is 13.1. The summed E-state index contributed by atoms with van der Waals surface area (Å²) in [5.41, 5.74) is 1.17. The van der Waals surface area contributed by atoms with Crippen molar-refractivity contribution >= 4 is 0 Å². The number of hydrogen-bond acceptors (Lipinski definition) is 2. The molecule has 0 aromatic carbocycles. The van der Waals surface area contributed by atoms with Gasteiger partial charge in [-0.25, -0.2) is 0 Å². The molecule has 1 heterocycles. The van der Waals surface area contributed by atoms with Gasteiger partial charge in [-0.05, 0) is 25.0 Å². The zero-order valence-corrected chi connectivity index (χ0v) is 11.2. The van der Waals surface area contributed by atoms with Crippen molar-refractivity contribution in [2.75, 3.05) is 19.6 Å². The Morgan fingerprint density at radius 2 is 2.18 bits per heavy atom. The second kappa shape index (κ2) is 9.86. The Labute approximate surface area is 106 Å². The number of likely N-dealkylation sites (tertiary alicyclic amines) is 1. The molecule has 1 aliphatic rings. The minimum absolute atomic E-state index is 0.202. The normalized spacial score (nSPS) is 20.8. The van der Waals surface area contributed by atoms with E-state index in [1.807, 2.05) is 26.0 Å². The number of hydrogen-bond donors (Lipinski definition) is 0. The molecule has 0 spiro atoms. The summed E-state index contributed by atoms with van der Waals surface area (Å²) in [5, 5.41) is 8.88. The third kappa shape index (κ3) is 6.09. The van der Waals surface area contributed by atoms with Gasteiger partial charge >= 0.3 is 0 Å². The summed E-state index contributed by atoms with van der Waals surface area (Å²) in [6.45, 7) is 14.3. The first-order valence-corrected chi connectivity index (χ1v) is 6.36. The van der Waals surface area contributed by atoms with Crippen molar-refractivity contribution in [3.05, 3.63) is 37.0 Å². The molecule has 1 unspecified atom stereocenters. The van der Waals surface area contributed by atoms with Gasteiger partial charge in [0, 0.05) is 13.1 Å². The van der Waals surface area contributed by atoms with Gasteiger partial charge in [-0.2, -0.15) is 5.26 Å². The molecule has 0 aromatic heterocycles. The highest BCUT2D eigenvalue weighted by Gasteiger charge is 2.19. The molecule has 17 heavy (non-hydrogen) atoms. The second-order valence-electron chi connectivity index (χ2n) is 3.88. The van der Waals surface area contributed by atoms with Gasteiger partial charge in [0.2, 0.25) is 0 Å². The fourth-order valence-electron chi connectivity index (χ4n) is 1.90. The van der Waals surface area contributed by atoms with E-state index in [0.717, 1.165) is 32.5 Å². The first-order chi connectivity index (χ1) is 8.30. The molecule has 2 heteroatoms. The number of nitriles is 1. The summed E-state index contributed by atoms with van der Waals surface area (Å²) >= 11 is 0. The van der Waals surface area contributed by atoms with Crippen LogP contribution in [0.1, 0.15) is 26.7 Å². The van der Waals surface area contributed by atoms with Crippen LogP contribution in [0.2, 0.25) is 0 Å². The Balaban J connectivity index is 0.00000121. The van der Waals surface area contributed by atoms with E-state index in [1.54, 1.807) is 6.08 Å². The van der Waals surface area contributed by atoms with Gasteiger partial charge in [-0.3, -0.25) is 4.90 Å². The van der Waals surface area contributed by atoms with Crippen molar-refractivity contribution in [2.45, 2.75) is 26.7 Å². The minimum Gasteiger partial charge on any atom is -0.298 e. The van der Waals surface area contributed by atoms with E-state index >= 15 is 0 Å². The van der Waals surface area contributed by atoms with E-state index in [0.29, 0.717) is 0 Å². The van der Waals surface area contributed by atoms with Crippen LogP contribution in [0.15, 0.2) is 37.0 Å². The van der Waals surface area contributed by atoms with Gasteiger partial charge < -0.3 is 0 Å². The van der Waals surface area contributed by atoms with Crippen LogP contribution in [0.4, 0.5) is 0 Å². The molecule has 94 valence electrons. The van der Waals surface area contributed by atoms with E-state index < -0.39 is 0 Å². The first-order valence-electron chi connectivity index (χ1n) is 6.36. The topological polar surface area (TPSA) is 27.0 Å². The Bertz CT molecular complexity index is 297. The van der Waals surface area contributed by atoms with E-state index in [1.165, 1.54) is 5.57 Å². The summed E-state index contributed by atoms with van der Waals surface area (Å²) in [6.07, 6.45) is 7.78. The number of allylic oxidation sites excluding steroid dienone is 2. The highest BCUT2D eigenvalue weighted by molar-refractivity contribution is 5.22. The zero-order valence-electron chi connectivity index (χ0n) is 11.2. The van der Waals surface area contributed by atoms with Crippen LogP contribution < -0.4 is 0 Å². The molecule has 2 nitrogen and oxygen atoms in total. The Morgan fingerprint density at radius 3 is 2.71 bits per heavy atom. The summed E-state index contributed by atoms with van der Waals surface area (Å²) in [4.78, 5) is 2.31. The highest BCUT2D eigenvalue weighted by Crippen LogP contribution is 2.16. The highest BCUT2D eigenvalue weighted by atomic mass is 15.1. The van der Waals surface area contributed by atoms with Crippen LogP contribution in [0.25, 0.3) is 0 Å². The summed E-state index contributed by atoms with van der Waals surface area (Å²) in [6, 6.07) is 2.35. The minimum atomic E-state index is 0.202. The maximum atomic E-state index is 8.88.